The summed E-state index contributed by atoms with van der Waals surface area (Å²) in [5.41, 5.74) is 2.04. The van der Waals surface area contributed by atoms with Crippen LogP contribution in [0.15, 0.2) is 78.9 Å². The molecule has 7 nitrogen and oxygen atoms in total. The Bertz CT molecular complexity index is 1060. The fourth-order valence-corrected chi connectivity index (χ4v) is 2.78. The maximum atomic E-state index is 12.2. The number of carbonyl (C=O) groups excluding carboxylic acids is 3. The molecule has 3 aromatic rings. The smallest absolute Gasteiger partial charge is 0.344 e. The minimum atomic E-state index is -0.653. The van der Waals surface area contributed by atoms with Gasteiger partial charge in [-0.2, -0.15) is 0 Å². The van der Waals surface area contributed by atoms with Crippen LogP contribution in [0.2, 0.25) is 0 Å². The lowest BCUT2D eigenvalue weighted by Gasteiger charge is -2.09. The summed E-state index contributed by atoms with van der Waals surface area (Å²) in [4.78, 5) is 35.5. The van der Waals surface area contributed by atoms with Crippen LogP contribution >= 0.6 is 0 Å². The molecular weight excluding hydrogens is 422 g/mol. The second-order valence-electron chi connectivity index (χ2n) is 7.10. The van der Waals surface area contributed by atoms with E-state index in [4.69, 9.17) is 14.2 Å². The third kappa shape index (κ3) is 7.81. The molecule has 0 aliphatic carbocycles. The molecule has 0 aromatic heterocycles. The zero-order chi connectivity index (χ0) is 23.5. The van der Waals surface area contributed by atoms with E-state index in [1.165, 1.54) is 0 Å². The van der Waals surface area contributed by atoms with Crippen LogP contribution in [-0.2, 0) is 20.9 Å². The van der Waals surface area contributed by atoms with E-state index >= 15 is 0 Å². The van der Waals surface area contributed by atoms with Crippen LogP contribution in [0.3, 0.4) is 0 Å². The number of benzene rings is 3. The van der Waals surface area contributed by atoms with Gasteiger partial charge in [0, 0.05) is 17.7 Å². The first-order valence-corrected chi connectivity index (χ1v) is 10.5. The highest BCUT2D eigenvalue weighted by Gasteiger charge is 2.11. The normalized spacial score (nSPS) is 10.2. The zero-order valence-electron chi connectivity index (χ0n) is 18.3. The van der Waals surface area contributed by atoms with Gasteiger partial charge in [-0.25, -0.2) is 4.79 Å². The van der Waals surface area contributed by atoms with Crippen molar-refractivity contribution in [1.82, 2.24) is 0 Å². The fraction of sp³-hybridized carbons (Fsp3) is 0.192. The van der Waals surface area contributed by atoms with E-state index in [1.54, 1.807) is 55.5 Å². The number of hydrogen-bond acceptors (Lipinski definition) is 6. The van der Waals surface area contributed by atoms with Gasteiger partial charge in [-0.05, 0) is 54.1 Å². The quantitative estimate of drug-likeness (QED) is 0.346. The molecular formula is C26H25NO6. The topological polar surface area (TPSA) is 90.9 Å². The SMILES string of the molecule is CCC(=O)Nc1ccc(C(=O)COC(=O)COc2ccc(OCc3ccccc3)cc2)cc1. The van der Waals surface area contributed by atoms with Crippen molar-refractivity contribution >= 4 is 23.3 Å². The van der Waals surface area contributed by atoms with E-state index in [-0.39, 0.29) is 18.3 Å². The summed E-state index contributed by atoms with van der Waals surface area (Å²) in [6.45, 7) is 1.49. The van der Waals surface area contributed by atoms with Gasteiger partial charge in [-0.3, -0.25) is 9.59 Å². The predicted molar refractivity (Wildman–Crippen MR) is 123 cm³/mol. The molecule has 0 aliphatic heterocycles. The van der Waals surface area contributed by atoms with Crippen molar-refractivity contribution in [2.75, 3.05) is 18.5 Å². The van der Waals surface area contributed by atoms with E-state index < -0.39 is 12.6 Å². The first-order chi connectivity index (χ1) is 16.0. The summed E-state index contributed by atoms with van der Waals surface area (Å²) >= 11 is 0. The molecule has 0 fully saturated rings. The average Bonchev–Trinajstić information content (AvgIpc) is 2.86. The highest BCUT2D eigenvalue weighted by molar-refractivity contribution is 5.98. The second-order valence-corrected chi connectivity index (χ2v) is 7.10. The Morgan fingerprint density at radius 1 is 0.758 bits per heavy atom. The van der Waals surface area contributed by atoms with Crippen LogP contribution in [-0.4, -0.2) is 30.9 Å². The van der Waals surface area contributed by atoms with Crippen LogP contribution < -0.4 is 14.8 Å². The molecule has 0 saturated heterocycles. The molecule has 3 rings (SSSR count). The van der Waals surface area contributed by atoms with Crippen molar-refractivity contribution in [3.8, 4) is 11.5 Å². The Morgan fingerprint density at radius 3 is 2.03 bits per heavy atom. The number of rotatable bonds is 11. The van der Waals surface area contributed by atoms with E-state index in [1.807, 2.05) is 30.3 Å². The fourth-order valence-electron chi connectivity index (χ4n) is 2.78. The highest BCUT2D eigenvalue weighted by atomic mass is 16.6. The van der Waals surface area contributed by atoms with Gasteiger partial charge < -0.3 is 19.5 Å². The molecule has 0 spiro atoms. The van der Waals surface area contributed by atoms with Gasteiger partial charge >= 0.3 is 5.97 Å². The number of anilines is 1. The Kier molecular flexibility index (Phi) is 8.59. The number of hydrogen-bond donors (Lipinski definition) is 1. The maximum absolute atomic E-state index is 12.2. The van der Waals surface area contributed by atoms with Crippen molar-refractivity contribution in [2.45, 2.75) is 20.0 Å². The molecule has 1 amide bonds. The van der Waals surface area contributed by atoms with E-state index in [9.17, 15) is 14.4 Å². The summed E-state index contributed by atoms with van der Waals surface area (Å²) in [6, 6.07) is 23.1. The van der Waals surface area contributed by atoms with Gasteiger partial charge in [0.1, 0.15) is 18.1 Å². The van der Waals surface area contributed by atoms with E-state index in [2.05, 4.69) is 5.32 Å². The Labute approximate surface area is 192 Å². The number of carbonyl (C=O) groups is 3. The number of esters is 1. The van der Waals surface area contributed by atoms with Crippen molar-refractivity contribution in [3.05, 3.63) is 90.0 Å². The van der Waals surface area contributed by atoms with Gasteiger partial charge in [0.2, 0.25) is 5.91 Å². The summed E-state index contributed by atoms with van der Waals surface area (Å²) in [5, 5.41) is 2.70. The molecule has 0 aliphatic rings. The van der Waals surface area contributed by atoms with E-state index in [0.717, 1.165) is 5.56 Å². The highest BCUT2D eigenvalue weighted by Crippen LogP contribution is 2.19. The van der Waals surface area contributed by atoms with Crippen LogP contribution in [0.1, 0.15) is 29.3 Å². The molecule has 0 heterocycles. The number of ether oxygens (including phenoxy) is 3. The van der Waals surface area contributed by atoms with Gasteiger partial charge in [0.05, 0.1) is 0 Å². The Morgan fingerprint density at radius 2 is 1.39 bits per heavy atom. The molecule has 1 N–H and O–H groups in total. The van der Waals surface area contributed by atoms with Gasteiger partial charge in [0.15, 0.2) is 19.0 Å². The number of ketones is 1. The van der Waals surface area contributed by atoms with Crippen LogP contribution in [0.25, 0.3) is 0 Å². The van der Waals surface area contributed by atoms with Crippen molar-refractivity contribution in [2.24, 2.45) is 0 Å². The first kappa shape index (κ1) is 23.5. The summed E-state index contributed by atoms with van der Waals surface area (Å²) in [7, 11) is 0. The summed E-state index contributed by atoms with van der Waals surface area (Å²) < 4.78 is 16.1. The standard InChI is InChI=1S/C26H25NO6/c1-2-25(29)27-21-10-8-20(9-11-21)24(28)17-33-26(30)18-32-23-14-12-22(13-15-23)31-16-19-6-4-3-5-7-19/h3-15H,2,16-18H2,1H3,(H,27,29). The zero-order valence-corrected chi connectivity index (χ0v) is 18.3. The van der Waals surface area contributed by atoms with Crippen molar-refractivity contribution < 1.29 is 28.6 Å². The minimum Gasteiger partial charge on any atom is -0.489 e. The average molecular weight is 447 g/mol. The molecule has 170 valence electrons. The molecule has 33 heavy (non-hydrogen) atoms. The lowest BCUT2D eigenvalue weighted by Crippen LogP contribution is -2.19. The third-order valence-electron chi connectivity index (χ3n) is 4.60. The van der Waals surface area contributed by atoms with Crippen LogP contribution in [0, 0.1) is 0 Å². The van der Waals surface area contributed by atoms with Crippen LogP contribution in [0.4, 0.5) is 5.69 Å². The van der Waals surface area contributed by atoms with E-state index in [0.29, 0.717) is 35.8 Å². The number of nitrogens with one attached hydrogen (secondary N) is 1. The van der Waals surface area contributed by atoms with Gasteiger partial charge in [-0.1, -0.05) is 37.3 Å². The number of amides is 1. The van der Waals surface area contributed by atoms with Gasteiger partial charge in [0.25, 0.3) is 0 Å². The lowest BCUT2D eigenvalue weighted by molar-refractivity contribution is -0.144. The monoisotopic (exact) mass is 447 g/mol. The molecule has 0 unspecified atom stereocenters. The third-order valence-corrected chi connectivity index (χ3v) is 4.60. The Balaban J connectivity index is 1.38. The molecule has 0 bridgehead atoms. The molecule has 3 aromatic carbocycles. The van der Waals surface area contributed by atoms with Crippen molar-refractivity contribution in [3.63, 3.8) is 0 Å². The lowest BCUT2D eigenvalue weighted by atomic mass is 10.1. The second kappa shape index (κ2) is 12.0. The summed E-state index contributed by atoms with van der Waals surface area (Å²) in [6.07, 6.45) is 0.366. The van der Waals surface area contributed by atoms with Crippen molar-refractivity contribution in [1.29, 1.82) is 0 Å². The molecule has 0 atom stereocenters. The maximum Gasteiger partial charge on any atom is 0.344 e. The van der Waals surface area contributed by atoms with Gasteiger partial charge in [-0.15, -0.1) is 0 Å². The number of Topliss-reactive ketones (excluding diaryl/α,β-unsaturated/α-hetero) is 1. The molecule has 7 heteroatoms. The predicted octanol–water partition coefficient (Wildman–Crippen LogP) is 4.42. The first-order valence-electron chi connectivity index (χ1n) is 10.5. The Hall–Kier alpha value is -4.13. The minimum absolute atomic E-state index is 0.114. The molecule has 0 radical (unpaired) electrons. The molecule has 0 saturated carbocycles. The van der Waals surface area contributed by atoms with Crippen LogP contribution in [0.5, 0.6) is 11.5 Å². The summed E-state index contributed by atoms with van der Waals surface area (Å²) in [5.74, 6) is 0.0447. The largest absolute Gasteiger partial charge is 0.489 e.